The third-order valence-electron chi connectivity index (χ3n) is 5.56. The summed E-state index contributed by atoms with van der Waals surface area (Å²) < 4.78 is 5.75. The number of carbonyl (C=O) groups is 1. The maximum Gasteiger partial charge on any atom is 0.322 e. The molecule has 0 bridgehead atoms. The van der Waals surface area contributed by atoms with Crippen molar-refractivity contribution in [1.82, 2.24) is 20.4 Å². The van der Waals surface area contributed by atoms with Crippen molar-refractivity contribution in [2.75, 3.05) is 0 Å². The van der Waals surface area contributed by atoms with Crippen LogP contribution in [0.2, 0.25) is 0 Å². The number of nitrogens with zero attached hydrogens (tertiary/aromatic N) is 3. The van der Waals surface area contributed by atoms with Crippen molar-refractivity contribution in [3.05, 3.63) is 99.7 Å². The Morgan fingerprint density at radius 1 is 1.06 bits per heavy atom. The van der Waals surface area contributed by atoms with Gasteiger partial charge in [0.05, 0.1) is 18.2 Å². The van der Waals surface area contributed by atoms with Gasteiger partial charge in [-0.3, -0.25) is 4.90 Å². The summed E-state index contributed by atoms with van der Waals surface area (Å²) in [5.74, 6) is 0.932. The van der Waals surface area contributed by atoms with Crippen LogP contribution in [0.15, 0.2) is 82.3 Å². The number of aryl methyl sites for hydroxylation is 1. The van der Waals surface area contributed by atoms with E-state index in [1.165, 1.54) is 0 Å². The van der Waals surface area contributed by atoms with Crippen LogP contribution in [0, 0.1) is 6.92 Å². The van der Waals surface area contributed by atoms with Gasteiger partial charge in [0.2, 0.25) is 5.82 Å². The minimum absolute atomic E-state index is 0.146. The Hall–Kier alpha value is -3.71. The Labute approximate surface area is 190 Å². The summed E-state index contributed by atoms with van der Waals surface area (Å²) in [6.45, 7) is 4.45. The highest BCUT2D eigenvalue weighted by molar-refractivity contribution is 7.09. The van der Waals surface area contributed by atoms with E-state index in [0.29, 0.717) is 18.3 Å². The van der Waals surface area contributed by atoms with Gasteiger partial charge < -0.3 is 9.84 Å². The molecule has 160 valence electrons. The third kappa shape index (κ3) is 3.83. The second kappa shape index (κ2) is 8.43. The summed E-state index contributed by atoms with van der Waals surface area (Å²) in [7, 11) is 0. The number of hydrogen-bond donors (Lipinski definition) is 1. The van der Waals surface area contributed by atoms with Gasteiger partial charge >= 0.3 is 6.03 Å². The highest BCUT2D eigenvalue weighted by Gasteiger charge is 2.35. The van der Waals surface area contributed by atoms with Gasteiger partial charge in [0.15, 0.2) is 0 Å². The number of amides is 2. The molecule has 7 heteroatoms. The molecule has 0 saturated heterocycles. The monoisotopic (exact) mass is 442 g/mol. The number of nitrogens with one attached hydrogen (secondary N) is 1. The van der Waals surface area contributed by atoms with E-state index in [1.54, 1.807) is 16.2 Å². The fraction of sp³-hybridized carbons (Fsp3) is 0.160. The number of carbonyl (C=O) groups excluding carboxylic acids is 1. The number of benzene rings is 2. The van der Waals surface area contributed by atoms with E-state index in [2.05, 4.69) is 10.5 Å². The van der Waals surface area contributed by atoms with Crippen LogP contribution in [-0.2, 0) is 6.54 Å². The van der Waals surface area contributed by atoms with Gasteiger partial charge in [0, 0.05) is 16.1 Å². The summed E-state index contributed by atoms with van der Waals surface area (Å²) in [5, 5.41) is 9.38. The van der Waals surface area contributed by atoms with Crippen molar-refractivity contribution in [2.45, 2.75) is 26.4 Å². The normalized spacial score (nSPS) is 16.4. The number of allylic oxidation sites excluding steroid dienone is 1. The SMILES string of the molecule is CC1=C(c2nc(-c3cccc(C)c3)no2)C(c2ccccc2)NC(=O)N1Cc1cccs1. The fourth-order valence-electron chi connectivity index (χ4n) is 3.94. The average molecular weight is 443 g/mol. The molecular weight excluding hydrogens is 420 g/mol. The van der Waals surface area contributed by atoms with Gasteiger partial charge in [-0.15, -0.1) is 11.3 Å². The quantitative estimate of drug-likeness (QED) is 0.424. The van der Waals surface area contributed by atoms with Crippen LogP contribution < -0.4 is 5.32 Å². The summed E-state index contributed by atoms with van der Waals surface area (Å²) in [6, 6.07) is 21.3. The minimum Gasteiger partial charge on any atom is -0.334 e. The molecular formula is C25H22N4O2S. The number of hydrogen-bond acceptors (Lipinski definition) is 5. The van der Waals surface area contributed by atoms with Gasteiger partial charge in [0.25, 0.3) is 5.89 Å². The van der Waals surface area contributed by atoms with Gasteiger partial charge in [-0.25, -0.2) is 4.79 Å². The molecule has 5 rings (SSSR count). The predicted molar refractivity (Wildman–Crippen MR) is 125 cm³/mol. The molecule has 2 aromatic heterocycles. The number of thiophene rings is 1. The predicted octanol–water partition coefficient (Wildman–Crippen LogP) is 5.80. The molecule has 2 amide bonds. The summed E-state index contributed by atoms with van der Waals surface area (Å²) >= 11 is 1.62. The molecule has 0 aliphatic carbocycles. The molecule has 4 aromatic rings. The van der Waals surface area contributed by atoms with E-state index >= 15 is 0 Å². The maximum absolute atomic E-state index is 13.1. The van der Waals surface area contributed by atoms with E-state index in [0.717, 1.165) is 32.8 Å². The van der Waals surface area contributed by atoms with E-state index < -0.39 is 0 Å². The lowest BCUT2D eigenvalue weighted by Crippen LogP contribution is -2.45. The van der Waals surface area contributed by atoms with Crippen molar-refractivity contribution >= 4 is 22.9 Å². The lowest BCUT2D eigenvalue weighted by Gasteiger charge is -2.35. The highest BCUT2D eigenvalue weighted by Crippen LogP contribution is 2.38. The smallest absolute Gasteiger partial charge is 0.322 e. The number of rotatable bonds is 5. The first-order valence-electron chi connectivity index (χ1n) is 10.4. The molecule has 0 saturated carbocycles. The van der Waals surface area contributed by atoms with Crippen molar-refractivity contribution in [3.8, 4) is 11.4 Å². The van der Waals surface area contributed by atoms with E-state index in [9.17, 15) is 4.79 Å². The molecule has 0 fully saturated rings. The third-order valence-corrected chi connectivity index (χ3v) is 6.42. The van der Waals surface area contributed by atoms with Crippen LogP contribution in [0.1, 0.15) is 34.9 Å². The molecule has 3 heterocycles. The Morgan fingerprint density at radius 3 is 2.66 bits per heavy atom. The average Bonchev–Trinajstić information content (AvgIpc) is 3.49. The fourth-order valence-corrected chi connectivity index (χ4v) is 4.63. The van der Waals surface area contributed by atoms with Gasteiger partial charge in [-0.1, -0.05) is 65.3 Å². The largest absolute Gasteiger partial charge is 0.334 e. The molecule has 1 aliphatic heterocycles. The van der Waals surface area contributed by atoms with Crippen LogP contribution in [0.4, 0.5) is 4.79 Å². The zero-order chi connectivity index (χ0) is 22.1. The molecule has 2 aromatic carbocycles. The lowest BCUT2D eigenvalue weighted by molar-refractivity contribution is 0.203. The minimum atomic E-state index is -0.380. The molecule has 1 atom stereocenters. The maximum atomic E-state index is 13.1. The Morgan fingerprint density at radius 2 is 1.91 bits per heavy atom. The zero-order valence-electron chi connectivity index (χ0n) is 17.8. The molecule has 0 radical (unpaired) electrons. The number of urea groups is 1. The first-order chi connectivity index (χ1) is 15.6. The van der Waals surface area contributed by atoms with Gasteiger partial charge in [-0.05, 0) is 36.9 Å². The van der Waals surface area contributed by atoms with Crippen LogP contribution >= 0.6 is 11.3 Å². The standard InChI is InChI=1S/C25H22N4O2S/c1-16-8-6-11-19(14-16)23-27-24(31-28-23)21-17(2)29(15-20-12-7-13-32-20)25(30)26-22(21)18-9-4-3-5-10-18/h3-14,22H,15H2,1-2H3,(H,26,30). The van der Waals surface area contributed by atoms with Crippen LogP contribution in [-0.4, -0.2) is 21.1 Å². The zero-order valence-corrected chi connectivity index (χ0v) is 18.6. The summed E-state index contributed by atoms with van der Waals surface area (Å²) in [5.41, 5.74) is 4.58. The van der Waals surface area contributed by atoms with Crippen molar-refractivity contribution in [1.29, 1.82) is 0 Å². The molecule has 1 N–H and O–H groups in total. The number of aromatic nitrogens is 2. The first-order valence-corrected chi connectivity index (χ1v) is 11.3. The first kappa shape index (κ1) is 20.2. The summed E-state index contributed by atoms with van der Waals surface area (Å²) in [6.07, 6.45) is 0. The lowest BCUT2D eigenvalue weighted by atomic mass is 9.94. The van der Waals surface area contributed by atoms with E-state index in [1.807, 2.05) is 86.0 Å². The Balaban J connectivity index is 1.60. The van der Waals surface area contributed by atoms with Crippen LogP contribution in [0.5, 0.6) is 0 Å². The molecule has 1 unspecified atom stereocenters. The van der Waals surface area contributed by atoms with E-state index in [-0.39, 0.29) is 12.1 Å². The highest BCUT2D eigenvalue weighted by atomic mass is 32.1. The Kier molecular flexibility index (Phi) is 5.33. The van der Waals surface area contributed by atoms with Crippen LogP contribution in [0.25, 0.3) is 17.0 Å². The topological polar surface area (TPSA) is 71.3 Å². The molecule has 0 spiro atoms. The van der Waals surface area contributed by atoms with Crippen LogP contribution in [0.3, 0.4) is 0 Å². The van der Waals surface area contributed by atoms with Crippen molar-refractivity contribution < 1.29 is 9.32 Å². The van der Waals surface area contributed by atoms with Crippen molar-refractivity contribution in [3.63, 3.8) is 0 Å². The molecule has 1 aliphatic rings. The van der Waals surface area contributed by atoms with Gasteiger partial charge in [0.1, 0.15) is 0 Å². The second-order valence-corrected chi connectivity index (χ2v) is 8.78. The van der Waals surface area contributed by atoms with Crippen molar-refractivity contribution in [2.24, 2.45) is 0 Å². The molecule has 32 heavy (non-hydrogen) atoms. The van der Waals surface area contributed by atoms with Gasteiger partial charge in [-0.2, -0.15) is 4.98 Å². The second-order valence-electron chi connectivity index (χ2n) is 7.75. The molecule has 6 nitrogen and oxygen atoms in total. The van der Waals surface area contributed by atoms with E-state index in [4.69, 9.17) is 9.51 Å². The Bertz CT molecular complexity index is 1280. The summed E-state index contributed by atoms with van der Waals surface area (Å²) in [4.78, 5) is 20.6.